The molecular weight excluding hydrogens is 206 g/mol. The quantitative estimate of drug-likeness (QED) is 0.608. The van der Waals surface area contributed by atoms with E-state index < -0.39 is 0 Å². The van der Waals surface area contributed by atoms with Gasteiger partial charge in [0.2, 0.25) is 0 Å². The minimum atomic E-state index is 0.784. The van der Waals surface area contributed by atoms with E-state index in [-0.39, 0.29) is 0 Å². The van der Waals surface area contributed by atoms with E-state index in [1.54, 1.807) is 7.11 Å². The lowest BCUT2D eigenvalue weighted by Crippen LogP contribution is -2.16. The van der Waals surface area contributed by atoms with Gasteiger partial charge in [-0.15, -0.1) is 0 Å². The topological polar surface area (TPSA) is 12.5 Å². The van der Waals surface area contributed by atoms with Gasteiger partial charge in [-0.3, -0.25) is 0 Å². The van der Waals surface area contributed by atoms with Gasteiger partial charge in [0, 0.05) is 31.1 Å². The van der Waals surface area contributed by atoms with Crippen molar-refractivity contribution in [3.05, 3.63) is 36.4 Å². The van der Waals surface area contributed by atoms with Gasteiger partial charge in [0.15, 0.2) is 0 Å². The Morgan fingerprint density at radius 1 is 1.40 bits per heavy atom. The summed E-state index contributed by atoms with van der Waals surface area (Å²) in [5.41, 5.74) is 1.15. The maximum Gasteiger partial charge on any atom is 0.120 e. The van der Waals surface area contributed by atoms with Crippen molar-refractivity contribution in [2.45, 2.75) is 0 Å². The molecule has 3 heteroatoms. The smallest absolute Gasteiger partial charge is 0.120 e. The van der Waals surface area contributed by atoms with Gasteiger partial charge in [-0.2, -0.15) is 12.6 Å². The van der Waals surface area contributed by atoms with Crippen molar-refractivity contribution in [2.24, 2.45) is 0 Å². The van der Waals surface area contributed by atoms with Gasteiger partial charge in [0.25, 0.3) is 0 Å². The average Bonchev–Trinajstić information content (AvgIpc) is 2.29. The van der Waals surface area contributed by atoms with Gasteiger partial charge in [0.05, 0.1) is 7.11 Å². The molecule has 1 rings (SSSR count). The molecular formula is C12H17NOS. The molecule has 82 valence electrons. The molecule has 0 bridgehead atoms. The molecule has 0 radical (unpaired) electrons. The molecule has 0 heterocycles. The Balaban J connectivity index is 2.64. The van der Waals surface area contributed by atoms with Gasteiger partial charge < -0.3 is 9.64 Å². The zero-order valence-corrected chi connectivity index (χ0v) is 10.1. The number of ether oxygens (including phenoxy) is 1. The SMILES string of the molecule is COc1cccc(N(C)CC=CCS)c1. The Morgan fingerprint density at radius 3 is 2.87 bits per heavy atom. The molecule has 2 nitrogen and oxygen atoms in total. The Bertz CT molecular complexity index is 325. The third-order valence-corrected chi connectivity index (χ3v) is 2.36. The summed E-state index contributed by atoms with van der Waals surface area (Å²) >= 11 is 4.12. The van der Waals surface area contributed by atoms with E-state index in [2.05, 4.69) is 36.7 Å². The summed E-state index contributed by atoms with van der Waals surface area (Å²) in [6.45, 7) is 0.883. The van der Waals surface area contributed by atoms with E-state index in [0.717, 1.165) is 23.7 Å². The number of likely N-dealkylation sites (N-methyl/N-ethyl adjacent to an activating group) is 1. The predicted octanol–water partition coefficient (Wildman–Crippen LogP) is 2.62. The van der Waals surface area contributed by atoms with Gasteiger partial charge >= 0.3 is 0 Å². The van der Waals surface area contributed by atoms with Crippen LogP contribution in [-0.4, -0.2) is 26.5 Å². The van der Waals surface area contributed by atoms with Crippen molar-refractivity contribution in [1.29, 1.82) is 0 Å². The highest BCUT2D eigenvalue weighted by Gasteiger charge is 1.99. The molecule has 0 saturated carbocycles. The summed E-state index contributed by atoms with van der Waals surface area (Å²) in [5.74, 6) is 1.67. The van der Waals surface area contributed by atoms with Crippen LogP contribution in [0.4, 0.5) is 5.69 Å². The van der Waals surface area contributed by atoms with E-state index in [9.17, 15) is 0 Å². The van der Waals surface area contributed by atoms with Crippen LogP contribution in [0, 0.1) is 0 Å². The predicted molar refractivity (Wildman–Crippen MR) is 69.3 cm³/mol. The first-order chi connectivity index (χ1) is 7.27. The fraction of sp³-hybridized carbons (Fsp3) is 0.333. The molecule has 0 aromatic heterocycles. The van der Waals surface area contributed by atoms with Crippen molar-refractivity contribution >= 4 is 18.3 Å². The largest absolute Gasteiger partial charge is 0.497 e. The number of benzene rings is 1. The minimum absolute atomic E-state index is 0.784. The molecule has 0 fully saturated rings. The Kier molecular flexibility index (Phi) is 5.12. The number of methoxy groups -OCH3 is 1. The van der Waals surface area contributed by atoms with Crippen molar-refractivity contribution in [3.63, 3.8) is 0 Å². The molecule has 0 saturated heterocycles. The zero-order valence-electron chi connectivity index (χ0n) is 9.18. The molecule has 0 atom stereocenters. The second-order valence-electron chi connectivity index (χ2n) is 3.24. The summed E-state index contributed by atoms with van der Waals surface area (Å²) < 4.78 is 5.17. The fourth-order valence-corrected chi connectivity index (χ4v) is 1.41. The Morgan fingerprint density at radius 2 is 2.20 bits per heavy atom. The van der Waals surface area contributed by atoms with Crippen molar-refractivity contribution < 1.29 is 4.74 Å². The van der Waals surface area contributed by atoms with E-state index in [0.29, 0.717) is 0 Å². The molecule has 0 amide bonds. The third-order valence-electron chi connectivity index (χ3n) is 2.15. The van der Waals surface area contributed by atoms with E-state index >= 15 is 0 Å². The van der Waals surface area contributed by atoms with Crippen molar-refractivity contribution in [2.75, 3.05) is 31.4 Å². The maximum absolute atomic E-state index is 5.17. The maximum atomic E-state index is 5.17. The van der Waals surface area contributed by atoms with Gasteiger partial charge in [-0.05, 0) is 12.1 Å². The van der Waals surface area contributed by atoms with Crippen LogP contribution < -0.4 is 9.64 Å². The summed E-state index contributed by atoms with van der Waals surface area (Å²) in [4.78, 5) is 2.16. The van der Waals surface area contributed by atoms with E-state index in [4.69, 9.17) is 4.74 Å². The summed E-state index contributed by atoms with van der Waals surface area (Å²) in [5, 5.41) is 0. The van der Waals surface area contributed by atoms with Crippen molar-refractivity contribution in [3.8, 4) is 5.75 Å². The van der Waals surface area contributed by atoms with E-state index in [1.165, 1.54) is 0 Å². The molecule has 15 heavy (non-hydrogen) atoms. The number of anilines is 1. The monoisotopic (exact) mass is 223 g/mol. The van der Waals surface area contributed by atoms with Crippen LogP contribution in [0.5, 0.6) is 5.75 Å². The number of hydrogen-bond donors (Lipinski definition) is 1. The first kappa shape index (κ1) is 12.0. The number of rotatable bonds is 5. The second kappa shape index (κ2) is 6.40. The highest BCUT2D eigenvalue weighted by atomic mass is 32.1. The Hall–Kier alpha value is -1.09. The fourth-order valence-electron chi connectivity index (χ4n) is 1.26. The van der Waals surface area contributed by atoms with Gasteiger partial charge in [-0.1, -0.05) is 18.2 Å². The number of hydrogen-bond acceptors (Lipinski definition) is 3. The van der Waals surface area contributed by atoms with Crippen LogP contribution >= 0.6 is 12.6 Å². The number of nitrogens with zero attached hydrogens (tertiary/aromatic N) is 1. The summed E-state index contributed by atoms with van der Waals surface area (Å²) in [7, 11) is 3.73. The van der Waals surface area contributed by atoms with Crippen LogP contribution in [0.3, 0.4) is 0 Å². The van der Waals surface area contributed by atoms with Crippen LogP contribution in [0.1, 0.15) is 0 Å². The average molecular weight is 223 g/mol. The lowest BCUT2D eigenvalue weighted by molar-refractivity contribution is 0.415. The van der Waals surface area contributed by atoms with Gasteiger partial charge in [0.1, 0.15) is 5.75 Å². The molecule has 0 unspecified atom stereocenters. The van der Waals surface area contributed by atoms with Crippen LogP contribution in [0.25, 0.3) is 0 Å². The summed E-state index contributed by atoms with van der Waals surface area (Å²) in [6.07, 6.45) is 4.15. The highest BCUT2D eigenvalue weighted by Crippen LogP contribution is 2.19. The minimum Gasteiger partial charge on any atom is -0.497 e. The molecule has 0 aliphatic heterocycles. The summed E-state index contributed by atoms with van der Waals surface area (Å²) in [6, 6.07) is 8.03. The lowest BCUT2D eigenvalue weighted by Gasteiger charge is -2.17. The second-order valence-corrected chi connectivity index (χ2v) is 3.60. The molecule has 1 aromatic carbocycles. The zero-order chi connectivity index (χ0) is 11.1. The Labute approximate surface area is 97.0 Å². The molecule has 1 aromatic rings. The van der Waals surface area contributed by atoms with E-state index in [1.807, 2.05) is 24.3 Å². The molecule has 0 aliphatic rings. The lowest BCUT2D eigenvalue weighted by atomic mass is 10.3. The molecule has 0 aliphatic carbocycles. The number of thiol groups is 1. The first-order valence-corrected chi connectivity index (χ1v) is 5.52. The standard InChI is InChI=1S/C12H17NOS/c1-13(8-3-4-9-15)11-6-5-7-12(10-11)14-2/h3-7,10,15H,8-9H2,1-2H3. The van der Waals surface area contributed by atoms with Crippen molar-refractivity contribution in [1.82, 2.24) is 0 Å². The van der Waals surface area contributed by atoms with Crippen LogP contribution in [-0.2, 0) is 0 Å². The first-order valence-electron chi connectivity index (χ1n) is 4.89. The molecule has 0 N–H and O–H groups in total. The molecule has 0 spiro atoms. The normalized spacial score (nSPS) is 10.6. The van der Waals surface area contributed by atoms with Gasteiger partial charge in [-0.25, -0.2) is 0 Å². The third kappa shape index (κ3) is 3.88. The highest BCUT2D eigenvalue weighted by molar-refractivity contribution is 7.80. The van der Waals surface area contributed by atoms with Crippen LogP contribution in [0.2, 0.25) is 0 Å². The van der Waals surface area contributed by atoms with Crippen LogP contribution in [0.15, 0.2) is 36.4 Å².